The van der Waals surface area contributed by atoms with Crippen LogP contribution in [0.1, 0.15) is 65.2 Å². The number of hydrogen-bond acceptors (Lipinski definition) is 1. The quantitative estimate of drug-likeness (QED) is 0.391. The normalized spacial score (nSPS) is 12.8. The van der Waals surface area contributed by atoms with Crippen LogP contribution in [0.2, 0.25) is 0 Å². The first-order valence-corrected chi connectivity index (χ1v) is 5.74. The highest BCUT2D eigenvalue weighted by atomic mass is 16.1. The van der Waals surface area contributed by atoms with Gasteiger partial charge in [-0.05, 0) is 5.92 Å². The monoisotopic (exact) mass is 184 g/mol. The molecule has 0 aromatic rings. The molecule has 0 rings (SSSR count). The Labute approximate surface area is 82.9 Å². The third-order valence-electron chi connectivity index (χ3n) is 2.55. The molecule has 1 heteroatoms. The van der Waals surface area contributed by atoms with Crippen LogP contribution >= 0.6 is 0 Å². The second kappa shape index (κ2) is 9.76. The molecule has 0 saturated heterocycles. The van der Waals surface area contributed by atoms with Crippen molar-refractivity contribution in [1.29, 1.82) is 0 Å². The fraction of sp³-hybridized carbons (Fsp3) is 0.917. The van der Waals surface area contributed by atoms with Crippen molar-refractivity contribution in [1.82, 2.24) is 0 Å². The number of carbonyl (C=O) groups excluding carboxylic acids is 1. The molecular formula is C12H24O. The summed E-state index contributed by atoms with van der Waals surface area (Å²) in [6.45, 7) is 4.41. The Morgan fingerprint density at radius 1 is 1.08 bits per heavy atom. The molecule has 0 aliphatic heterocycles. The summed E-state index contributed by atoms with van der Waals surface area (Å²) in [5.74, 6) is 0.601. The number of unbranched alkanes of at least 4 members (excludes halogenated alkanes) is 5. The molecule has 0 unspecified atom stereocenters. The predicted molar refractivity (Wildman–Crippen MR) is 57.8 cm³/mol. The van der Waals surface area contributed by atoms with Gasteiger partial charge in [0.2, 0.25) is 0 Å². The summed E-state index contributed by atoms with van der Waals surface area (Å²) in [5, 5.41) is 0. The molecule has 0 bridgehead atoms. The van der Waals surface area contributed by atoms with Crippen molar-refractivity contribution in [3.05, 3.63) is 0 Å². The van der Waals surface area contributed by atoms with E-state index >= 15 is 0 Å². The minimum Gasteiger partial charge on any atom is -0.303 e. The Hall–Kier alpha value is -0.330. The van der Waals surface area contributed by atoms with E-state index < -0.39 is 0 Å². The minimum atomic E-state index is 0.601. The van der Waals surface area contributed by atoms with Crippen LogP contribution in [0.4, 0.5) is 0 Å². The van der Waals surface area contributed by atoms with Crippen molar-refractivity contribution in [3.8, 4) is 0 Å². The fourth-order valence-corrected chi connectivity index (χ4v) is 1.56. The van der Waals surface area contributed by atoms with Crippen LogP contribution < -0.4 is 0 Å². The second-order valence-electron chi connectivity index (χ2n) is 4.06. The van der Waals surface area contributed by atoms with Gasteiger partial charge >= 0.3 is 0 Å². The summed E-state index contributed by atoms with van der Waals surface area (Å²) in [6.07, 6.45) is 11.1. The Morgan fingerprint density at radius 3 is 2.31 bits per heavy atom. The topological polar surface area (TPSA) is 17.1 Å². The third kappa shape index (κ3) is 9.59. The second-order valence-corrected chi connectivity index (χ2v) is 4.06. The van der Waals surface area contributed by atoms with E-state index in [0.29, 0.717) is 5.92 Å². The molecule has 0 aliphatic carbocycles. The van der Waals surface area contributed by atoms with Crippen molar-refractivity contribution in [2.45, 2.75) is 65.2 Å². The summed E-state index contributed by atoms with van der Waals surface area (Å²) in [5.41, 5.74) is 0. The highest BCUT2D eigenvalue weighted by Crippen LogP contribution is 2.13. The predicted octanol–water partition coefficient (Wildman–Crippen LogP) is 3.96. The number of rotatable bonds is 9. The maximum Gasteiger partial charge on any atom is 0.120 e. The van der Waals surface area contributed by atoms with Gasteiger partial charge < -0.3 is 4.79 Å². The van der Waals surface area contributed by atoms with E-state index in [4.69, 9.17) is 0 Å². The Morgan fingerprint density at radius 2 is 1.69 bits per heavy atom. The van der Waals surface area contributed by atoms with Gasteiger partial charge in [-0.3, -0.25) is 0 Å². The number of carbonyl (C=O) groups is 1. The number of aldehydes is 1. The average Bonchev–Trinajstić information content (AvgIpc) is 2.11. The molecule has 0 amide bonds. The zero-order chi connectivity index (χ0) is 9.94. The lowest BCUT2D eigenvalue weighted by atomic mass is 10.00. The maximum atomic E-state index is 10.2. The van der Waals surface area contributed by atoms with Crippen molar-refractivity contribution < 1.29 is 4.79 Å². The minimum absolute atomic E-state index is 0.601. The largest absolute Gasteiger partial charge is 0.303 e. The SMILES string of the molecule is CCCCCCCC[C@@H](C)CC=O. The molecule has 1 atom stereocenters. The smallest absolute Gasteiger partial charge is 0.120 e. The average molecular weight is 184 g/mol. The zero-order valence-electron chi connectivity index (χ0n) is 9.22. The van der Waals surface area contributed by atoms with E-state index in [1.54, 1.807) is 0 Å². The van der Waals surface area contributed by atoms with E-state index in [-0.39, 0.29) is 0 Å². The summed E-state index contributed by atoms with van der Waals surface area (Å²) in [6, 6.07) is 0. The van der Waals surface area contributed by atoms with Crippen LogP contribution in [0.5, 0.6) is 0 Å². The molecule has 0 spiro atoms. The van der Waals surface area contributed by atoms with E-state index in [1.807, 2.05) is 0 Å². The van der Waals surface area contributed by atoms with Gasteiger partial charge in [0.15, 0.2) is 0 Å². The molecular weight excluding hydrogens is 160 g/mol. The highest BCUT2D eigenvalue weighted by Gasteiger charge is 1.99. The third-order valence-corrected chi connectivity index (χ3v) is 2.55. The van der Waals surface area contributed by atoms with Crippen LogP contribution in [-0.2, 0) is 4.79 Å². The van der Waals surface area contributed by atoms with Crippen LogP contribution in [0, 0.1) is 5.92 Å². The van der Waals surface area contributed by atoms with Gasteiger partial charge in [0, 0.05) is 6.42 Å². The Balaban J connectivity index is 3.01. The van der Waals surface area contributed by atoms with E-state index in [1.165, 1.54) is 44.9 Å². The van der Waals surface area contributed by atoms with Gasteiger partial charge in [0.25, 0.3) is 0 Å². The van der Waals surface area contributed by atoms with E-state index in [0.717, 1.165) is 12.7 Å². The number of hydrogen-bond donors (Lipinski definition) is 0. The molecule has 78 valence electrons. The highest BCUT2D eigenvalue weighted by molar-refractivity contribution is 5.49. The Bertz CT molecular complexity index is 110. The zero-order valence-corrected chi connectivity index (χ0v) is 9.22. The lowest BCUT2D eigenvalue weighted by Crippen LogP contribution is -1.95. The van der Waals surface area contributed by atoms with Gasteiger partial charge in [-0.1, -0.05) is 58.8 Å². The lowest BCUT2D eigenvalue weighted by Gasteiger charge is -2.06. The van der Waals surface area contributed by atoms with Crippen molar-refractivity contribution in [2.75, 3.05) is 0 Å². The summed E-state index contributed by atoms with van der Waals surface area (Å²) < 4.78 is 0. The van der Waals surface area contributed by atoms with Gasteiger partial charge in [-0.15, -0.1) is 0 Å². The first-order valence-electron chi connectivity index (χ1n) is 5.74. The van der Waals surface area contributed by atoms with E-state index in [9.17, 15) is 4.79 Å². The lowest BCUT2D eigenvalue weighted by molar-refractivity contribution is -0.108. The van der Waals surface area contributed by atoms with Crippen molar-refractivity contribution >= 4 is 6.29 Å². The first kappa shape index (κ1) is 12.7. The fourth-order valence-electron chi connectivity index (χ4n) is 1.56. The summed E-state index contributed by atoms with van der Waals surface area (Å²) >= 11 is 0. The summed E-state index contributed by atoms with van der Waals surface area (Å²) in [4.78, 5) is 10.2. The molecule has 0 saturated carbocycles. The molecule has 0 radical (unpaired) electrons. The molecule has 13 heavy (non-hydrogen) atoms. The standard InChI is InChI=1S/C12H24O/c1-3-4-5-6-7-8-9-12(2)10-11-13/h11-12H,3-10H2,1-2H3/t12-/m1/s1. The van der Waals surface area contributed by atoms with Crippen molar-refractivity contribution in [2.24, 2.45) is 5.92 Å². The van der Waals surface area contributed by atoms with E-state index in [2.05, 4.69) is 13.8 Å². The molecule has 0 aromatic carbocycles. The van der Waals surface area contributed by atoms with Gasteiger partial charge in [-0.25, -0.2) is 0 Å². The van der Waals surface area contributed by atoms with Crippen LogP contribution in [-0.4, -0.2) is 6.29 Å². The van der Waals surface area contributed by atoms with Crippen molar-refractivity contribution in [3.63, 3.8) is 0 Å². The maximum absolute atomic E-state index is 10.2. The van der Waals surface area contributed by atoms with Crippen LogP contribution in [0.3, 0.4) is 0 Å². The molecule has 0 aliphatic rings. The Kier molecular flexibility index (Phi) is 9.51. The van der Waals surface area contributed by atoms with Crippen LogP contribution in [0.15, 0.2) is 0 Å². The molecule has 0 N–H and O–H groups in total. The molecule has 0 heterocycles. The first-order chi connectivity index (χ1) is 6.31. The van der Waals surface area contributed by atoms with Gasteiger partial charge in [0.1, 0.15) is 6.29 Å². The van der Waals surface area contributed by atoms with Crippen LogP contribution in [0.25, 0.3) is 0 Å². The van der Waals surface area contributed by atoms with Gasteiger partial charge in [-0.2, -0.15) is 0 Å². The molecule has 0 fully saturated rings. The summed E-state index contributed by atoms with van der Waals surface area (Å²) in [7, 11) is 0. The molecule has 0 aromatic heterocycles. The van der Waals surface area contributed by atoms with Gasteiger partial charge in [0.05, 0.1) is 0 Å². The molecule has 1 nitrogen and oxygen atoms in total.